The van der Waals surface area contributed by atoms with Gasteiger partial charge in [-0.05, 0) is 35.9 Å². The topological polar surface area (TPSA) is 87.2 Å². The van der Waals surface area contributed by atoms with Gasteiger partial charge in [0.25, 0.3) is 0 Å². The molecule has 0 aliphatic carbocycles. The molecule has 0 spiro atoms. The molecule has 2 heterocycles. The van der Waals surface area contributed by atoms with Gasteiger partial charge in [0.05, 0.1) is 11.5 Å². The first-order valence-electron chi connectivity index (χ1n) is 8.42. The van der Waals surface area contributed by atoms with Gasteiger partial charge in [-0.25, -0.2) is 4.79 Å². The van der Waals surface area contributed by atoms with Gasteiger partial charge in [0.1, 0.15) is 16.3 Å². The monoisotopic (exact) mass is 423 g/mol. The molecule has 2 aromatic heterocycles. The van der Waals surface area contributed by atoms with E-state index >= 15 is 0 Å². The van der Waals surface area contributed by atoms with Crippen LogP contribution in [0.1, 0.15) is 31.3 Å². The van der Waals surface area contributed by atoms with Gasteiger partial charge < -0.3 is 10.5 Å². The average molecular weight is 423 g/mol. The number of carbonyl (C=O) groups is 2. The van der Waals surface area contributed by atoms with Crippen LogP contribution < -0.4 is 5.73 Å². The van der Waals surface area contributed by atoms with Crippen molar-refractivity contribution in [1.29, 1.82) is 0 Å². The number of esters is 1. The molecule has 2 N–H and O–H groups in total. The van der Waals surface area contributed by atoms with Gasteiger partial charge in [-0.1, -0.05) is 12.1 Å². The molecule has 0 aliphatic rings. The van der Waals surface area contributed by atoms with Gasteiger partial charge in [-0.15, -0.1) is 11.3 Å². The number of amides is 1. The van der Waals surface area contributed by atoms with E-state index < -0.39 is 23.7 Å². The number of carbonyl (C=O) groups excluding carboxylic acids is 2. The molecule has 0 bridgehead atoms. The van der Waals surface area contributed by atoms with E-state index in [0.717, 1.165) is 27.6 Å². The van der Waals surface area contributed by atoms with Gasteiger partial charge in [-0.3, -0.25) is 9.48 Å². The zero-order chi connectivity index (χ0) is 21.2. The Morgan fingerprint density at radius 3 is 2.45 bits per heavy atom. The van der Waals surface area contributed by atoms with Gasteiger partial charge in [0, 0.05) is 19.0 Å². The second-order valence-corrected chi connectivity index (χ2v) is 7.23. The average Bonchev–Trinajstić information content (AvgIpc) is 3.28. The molecule has 3 rings (SSSR count). The minimum Gasteiger partial charge on any atom is -0.461 e. The molecule has 0 radical (unpaired) electrons. The first kappa shape index (κ1) is 20.6. The molecule has 152 valence electrons. The van der Waals surface area contributed by atoms with Crippen LogP contribution in [0, 0.1) is 0 Å². The van der Waals surface area contributed by atoms with E-state index in [1.807, 2.05) is 0 Å². The first-order valence-corrected chi connectivity index (χ1v) is 9.24. The summed E-state index contributed by atoms with van der Waals surface area (Å²) in [7, 11) is 1.21. The normalized spacial score (nSPS) is 11.4. The molecule has 0 saturated heterocycles. The Kier molecular flexibility index (Phi) is 5.73. The molecule has 1 aromatic carbocycles. The van der Waals surface area contributed by atoms with E-state index in [1.165, 1.54) is 19.2 Å². The number of halogens is 3. The van der Waals surface area contributed by atoms with Gasteiger partial charge >= 0.3 is 12.1 Å². The van der Waals surface area contributed by atoms with E-state index in [9.17, 15) is 22.8 Å². The van der Waals surface area contributed by atoms with E-state index in [4.69, 9.17) is 10.5 Å². The fourth-order valence-electron chi connectivity index (χ4n) is 2.61. The van der Waals surface area contributed by atoms with Crippen molar-refractivity contribution in [2.45, 2.75) is 12.6 Å². The number of hydrogen-bond acceptors (Lipinski definition) is 5. The van der Waals surface area contributed by atoms with Crippen molar-refractivity contribution in [2.24, 2.45) is 12.8 Å². The summed E-state index contributed by atoms with van der Waals surface area (Å²) < 4.78 is 44.7. The number of aryl methyl sites for hydroxylation is 1. The van der Waals surface area contributed by atoms with E-state index in [0.29, 0.717) is 16.9 Å². The minimum atomic E-state index is -4.51. The molecular formula is C19H16F3N3O3S. The van der Waals surface area contributed by atoms with Crippen molar-refractivity contribution in [1.82, 2.24) is 9.78 Å². The van der Waals surface area contributed by atoms with Crippen molar-refractivity contribution in [3.63, 3.8) is 0 Å². The van der Waals surface area contributed by atoms with E-state index in [2.05, 4.69) is 5.10 Å². The zero-order valence-corrected chi connectivity index (χ0v) is 16.0. The highest BCUT2D eigenvalue weighted by Crippen LogP contribution is 2.34. The molecule has 0 saturated carbocycles. The number of primary amides is 1. The van der Waals surface area contributed by atoms with Crippen LogP contribution >= 0.6 is 11.3 Å². The number of nitrogens with two attached hydrogens (primary N) is 1. The molecule has 1 amide bonds. The number of thiophene rings is 1. The maximum absolute atomic E-state index is 12.9. The third-order valence-corrected chi connectivity index (χ3v) is 5.18. The highest BCUT2D eigenvalue weighted by Gasteiger charge is 2.35. The van der Waals surface area contributed by atoms with Crippen LogP contribution in [0.2, 0.25) is 0 Å². The number of aromatic nitrogens is 2. The summed E-state index contributed by atoms with van der Waals surface area (Å²) >= 11 is 1.01. The summed E-state index contributed by atoms with van der Waals surface area (Å²) in [5, 5.41) is 3.86. The smallest absolute Gasteiger partial charge is 0.433 e. The summed E-state index contributed by atoms with van der Waals surface area (Å²) in [6, 6.07) is 10.6. The molecule has 0 aliphatic heterocycles. The van der Waals surface area contributed by atoms with Crippen LogP contribution in [0.25, 0.3) is 10.6 Å². The second-order valence-electron chi connectivity index (χ2n) is 6.15. The lowest BCUT2D eigenvalue weighted by Gasteiger charge is -2.04. The summed E-state index contributed by atoms with van der Waals surface area (Å²) in [4.78, 5) is 23.9. The molecule has 0 fully saturated rings. The Hall–Kier alpha value is -3.14. The highest BCUT2D eigenvalue weighted by atomic mass is 32.1. The van der Waals surface area contributed by atoms with Crippen LogP contribution in [-0.4, -0.2) is 28.3 Å². The molecular weight excluding hydrogens is 407 g/mol. The third kappa shape index (κ3) is 4.83. The number of rotatable bonds is 6. The van der Waals surface area contributed by atoms with E-state index in [-0.39, 0.29) is 17.2 Å². The predicted molar refractivity (Wildman–Crippen MR) is 100 cm³/mol. The molecule has 29 heavy (non-hydrogen) atoms. The summed E-state index contributed by atoms with van der Waals surface area (Å²) in [5.41, 5.74) is 5.70. The Morgan fingerprint density at radius 2 is 1.86 bits per heavy atom. The van der Waals surface area contributed by atoms with Crippen LogP contribution in [0.15, 0.2) is 42.5 Å². The number of hydrogen-bond donors (Lipinski definition) is 1. The van der Waals surface area contributed by atoms with Crippen molar-refractivity contribution < 1.29 is 27.5 Å². The number of nitrogens with zero attached hydrogens (tertiary/aromatic N) is 2. The van der Waals surface area contributed by atoms with Crippen molar-refractivity contribution in [2.75, 3.05) is 6.61 Å². The lowest BCUT2D eigenvalue weighted by Crippen LogP contribution is -2.11. The predicted octanol–water partition coefficient (Wildman–Crippen LogP) is 3.67. The minimum absolute atomic E-state index is 0.115. The van der Waals surface area contributed by atoms with Crippen molar-refractivity contribution >= 4 is 23.2 Å². The number of ether oxygens (including phenoxy) is 1. The summed E-state index contributed by atoms with van der Waals surface area (Å²) in [5.74, 6) is -1.09. The summed E-state index contributed by atoms with van der Waals surface area (Å²) in [6.45, 7) is 0.115. The summed E-state index contributed by atoms with van der Waals surface area (Å²) in [6.07, 6.45) is -4.06. The van der Waals surface area contributed by atoms with Crippen molar-refractivity contribution in [3.05, 3.63) is 64.2 Å². The zero-order valence-electron chi connectivity index (χ0n) is 15.2. The van der Waals surface area contributed by atoms with Crippen LogP contribution in [0.5, 0.6) is 0 Å². The number of benzene rings is 1. The van der Waals surface area contributed by atoms with Gasteiger partial charge in [-0.2, -0.15) is 18.3 Å². The fraction of sp³-hybridized carbons (Fsp3) is 0.211. The number of alkyl halides is 3. The lowest BCUT2D eigenvalue weighted by atomic mass is 10.1. The van der Waals surface area contributed by atoms with Crippen LogP contribution in [-0.2, 0) is 24.4 Å². The maximum Gasteiger partial charge on any atom is 0.433 e. The van der Waals surface area contributed by atoms with E-state index in [1.54, 1.807) is 24.3 Å². The molecule has 0 unspecified atom stereocenters. The Morgan fingerprint density at radius 1 is 1.17 bits per heavy atom. The molecule has 10 heteroatoms. The molecule has 0 atom stereocenters. The second kappa shape index (κ2) is 8.08. The Bertz CT molecular complexity index is 1040. The standard InChI is InChI=1S/C19H16F3N3O3S/c1-25-16(19(20,21)22)10-13(24-25)14-6-7-15(29-14)18(27)28-9-8-11-2-4-12(5-3-11)17(23)26/h2-7,10H,8-9H2,1H3,(H2,23,26). The van der Waals surface area contributed by atoms with Crippen LogP contribution in [0.3, 0.4) is 0 Å². The highest BCUT2D eigenvalue weighted by molar-refractivity contribution is 7.17. The maximum atomic E-state index is 12.9. The van der Waals surface area contributed by atoms with Gasteiger partial charge in [0.15, 0.2) is 0 Å². The van der Waals surface area contributed by atoms with Crippen LogP contribution in [0.4, 0.5) is 13.2 Å². The first-order chi connectivity index (χ1) is 13.6. The largest absolute Gasteiger partial charge is 0.461 e. The lowest BCUT2D eigenvalue weighted by molar-refractivity contribution is -0.143. The molecule has 6 nitrogen and oxygen atoms in total. The van der Waals surface area contributed by atoms with Crippen molar-refractivity contribution in [3.8, 4) is 10.6 Å². The Labute approximate surface area is 167 Å². The third-order valence-electron chi connectivity index (χ3n) is 4.09. The molecule has 3 aromatic rings. The Balaban J connectivity index is 1.60. The van der Waals surface area contributed by atoms with Gasteiger partial charge in [0.2, 0.25) is 5.91 Å². The SMILES string of the molecule is Cn1nc(-c2ccc(C(=O)OCCc3ccc(C(N)=O)cc3)s2)cc1C(F)(F)F. The fourth-order valence-corrected chi connectivity index (χ4v) is 3.46. The quantitative estimate of drug-likeness (QED) is 0.613.